The number of hydrogen-bond donors (Lipinski definition) is 2. The average molecular weight is 360 g/mol. The van der Waals surface area contributed by atoms with Crippen molar-refractivity contribution in [2.75, 3.05) is 13.2 Å². The number of hydrogen-bond acceptors (Lipinski definition) is 3. The van der Waals surface area contributed by atoms with Gasteiger partial charge in [-0.2, -0.15) is 13.2 Å². The van der Waals surface area contributed by atoms with Gasteiger partial charge in [-0.05, 0) is 63.1 Å². The number of aliphatic hydroxyl groups excluding tert-OH is 2. The van der Waals surface area contributed by atoms with E-state index in [4.69, 9.17) is 4.74 Å². The number of ether oxygens (including phenoxy) is 1. The Morgan fingerprint density at radius 2 is 1.84 bits per heavy atom. The highest BCUT2D eigenvalue weighted by Crippen LogP contribution is 2.41. The number of rotatable bonds is 7. The van der Waals surface area contributed by atoms with Crippen molar-refractivity contribution >= 4 is 0 Å². The van der Waals surface area contributed by atoms with Crippen molar-refractivity contribution in [2.24, 2.45) is 11.8 Å². The Kier molecular flexibility index (Phi) is 6.74. The van der Waals surface area contributed by atoms with Crippen molar-refractivity contribution in [3.8, 4) is 5.75 Å². The van der Waals surface area contributed by atoms with E-state index >= 15 is 0 Å². The normalized spacial score (nSPS) is 22.4. The highest BCUT2D eigenvalue weighted by Gasteiger charge is 2.33. The summed E-state index contributed by atoms with van der Waals surface area (Å²) in [6.45, 7) is 3.55. The Morgan fingerprint density at radius 3 is 2.36 bits per heavy atom. The summed E-state index contributed by atoms with van der Waals surface area (Å²) in [5.74, 6) is 0.560. The molecule has 1 aromatic carbocycles. The number of alkyl halides is 3. The molecule has 6 heteroatoms. The first-order valence-corrected chi connectivity index (χ1v) is 8.84. The summed E-state index contributed by atoms with van der Waals surface area (Å²) in [6, 6.07) is 3.48. The third kappa shape index (κ3) is 5.35. The summed E-state index contributed by atoms with van der Waals surface area (Å²) in [4.78, 5) is 0. The van der Waals surface area contributed by atoms with Crippen LogP contribution in [-0.4, -0.2) is 29.5 Å². The van der Waals surface area contributed by atoms with Gasteiger partial charge in [0.05, 0.1) is 18.3 Å². The molecule has 0 radical (unpaired) electrons. The lowest BCUT2D eigenvalue weighted by Gasteiger charge is -2.24. The molecule has 0 bridgehead atoms. The molecule has 0 aromatic heterocycles. The fourth-order valence-corrected chi connectivity index (χ4v) is 3.67. The van der Waals surface area contributed by atoms with Gasteiger partial charge in [0, 0.05) is 18.1 Å². The molecule has 0 amide bonds. The summed E-state index contributed by atoms with van der Waals surface area (Å²) >= 11 is 0. The van der Waals surface area contributed by atoms with Crippen LogP contribution in [0, 0.1) is 11.8 Å². The molecule has 1 saturated carbocycles. The molecule has 3 nitrogen and oxygen atoms in total. The minimum atomic E-state index is -4.43. The maximum atomic E-state index is 13.1. The fourth-order valence-electron chi connectivity index (χ4n) is 3.67. The van der Waals surface area contributed by atoms with E-state index < -0.39 is 17.7 Å². The van der Waals surface area contributed by atoms with E-state index in [1.165, 1.54) is 6.07 Å². The van der Waals surface area contributed by atoms with Crippen LogP contribution >= 0.6 is 0 Å². The largest absolute Gasteiger partial charge is 0.491 e. The zero-order valence-electron chi connectivity index (χ0n) is 14.7. The quantitative estimate of drug-likeness (QED) is 0.759. The predicted molar refractivity (Wildman–Crippen MR) is 89.6 cm³/mol. The summed E-state index contributed by atoms with van der Waals surface area (Å²) in [5, 5.41) is 19.1. The molecule has 3 atom stereocenters. The maximum Gasteiger partial charge on any atom is 0.416 e. The highest BCUT2D eigenvalue weighted by molar-refractivity contribution is 5.41. The van der Waals surface area contributed by atoms with Gasteiger partial charge in [0.1, 0.15) is 5.75 Å². The van der Waals surface area contributed by atoms with Crippen molar-refractivity contribution in [1.29, 1.82) is 0 Å². The zero-order chi connectivity index (χ0) is 18.6. The Hall–Kier alpha value is -1.27. The van der Waals surface area contributed by atoms with Gasteiger partial charge in [-0.1, -0.05) is 6.42 Å². The second-order valence-corrected chi connectivity index (χ2v) is 7.26. The number of benzene rings is 1. The van der Waals surface area contributed by atoms with E-state index in [1.807, 2.05) is 13.8 Å². The fraction of sp³-hybridized carbons (Fsp3) is 0.684. The molecule has 25 heavy (non-hydrogen) atoms. The van der Waals surface area contributed by atoms with Gasteiger partial charge in [-0.3, -0.25) is 0 Å². The molecule has 0 aliphatic heterocycles. The summed E-state index contributed by atoms with van der Waals surface area (Å²) in [5.41, 5.74) is -0.310. The molecule has 1 aromatic rings. The topological polar surface area (TPSA) is 49.7 Å². The summed E-state index contributed by atoms with van der Waals surface area (Å²) in [6.07, 6.45) is -1.28. The van der Waals surface area contributed by atoms with Gasteiger partial charge >= 0.3 is 6.18 Å². The minimum absolute atomic E-state index is 0.144. The lowest BCUT2D eigenvalue weighted by Crippen LogP contribution is -2.16. The van der Waals surface area contributed by atoms with Crippen LogP contribution in [0.4, 0.5) is 13.2 Å². The second-order valence-electron chi connectivity index (χ2n) is 7.26. The van der Waals surface area contributed by atoms with Gasteiger partial charge in [0.15, 0.2) is 0 Å². The number of aliphatic hydroxyl groups is 2. The molecule has 0 spiro atoms. The van der Waals surface area contributed by atoms with Crippen molar-refractivity contribution in [1.82, 2.24) is 0 Å². The first-order valence-electron chi connectivity index (χ1n) is 8.84. The van der Waals surface area contributed by atoms with E-state index in [0.29, 0.717) is 23.7 Å². The van der Waals surface area contributed by atoms with Gasteiger partial charge in [-0.15, -0.1) is 0 Å². The van der Waals surface area contributed by atoms with E-state index in [2.05, 4.69) is 0 Å². The Morgan fingerprint density at radius 1 is 1.16 bits per heavy atom. The average Bonchev–Trinajstić information content (AvgIpc) is 2.99. The van der Waals surface area contributed by atoms with Crippen LogP contribution < -0.4 is 4.74 Å². The van der Waals surface area contributed by atoms with E-state index in [-0.39, 0.29) is 25.2 Å². The van der Waals surface area contributed by atoms with Crippen molar-refractivity contribution < 1.29 is 28.1 Å². The standard InChI is InChI=1S/C19H27F3O3/c1-12(2)25-18-6-5-16(19(20,21)22)9-17(18)15(11-24)8-13-3-4-14(7-13)10-23/h5-6,9,12-15,23-24H,3-4,7-8,10-11H2,1-2H3/t13-,14+,15-/m1/s1. The molecule has 1 aliphatic carbocycles. The SMILES string of the molecule is CC(C)Oc1ccc(C(F)(F)F)cc1[C@@H](CO)C[C@@H]1CC[C@H](CO)C1. The first kappa shape index (κ1) is 20.0. The molecule has 0 saturated heterocycles. The van der Waals surface area contributed by atoms with E-state index in [0.717, 1.165) is 31.4 Å². The van der Waals surface area contributed by atoms with Crippen LogP contribution in [0.15, 0.2) is 18.2 Å². The molecule has 1 fully saturated rings. The molecular formula is C19H27F3O3. The van der Waals surface area contributed by atoms with Crippen molar-refractivity contribution in [2.45, 2.75) is 57.7 Å². The van der Waals surface area contributed by atoms with Gasteiger partial charge < -0.3 is 14.9 Å². The predicted octanol–water partition coefficient (Wildman–Crippen LogP) is 4.37. The summed E-state index contributed by atoms with van der Waals surface area (Å²) in [7, 11) is 0. The molecule has 2 rings (SSSR count). The molecule has 0 unspecified atom stereocenters. The molecule has 0 heterocycles. The first-order chi connectivity index (χ1) is 11.7. The Labute approximate surface area is 146 Å². The molecular weight excluding hydrogens is 333 g/mol. The van der Waals surface area contributed by atoms with Gasteiger partial charge in [0.25, 0.3) is 0 Å². The van der Waals surface area contributed by atoms with Crippen LogP contribution in [0.1, 0.15) is 56.6 Å². The lowest BCUT2D eigenvalue weighted by molar-refractivity contribution is -0.137. The van der Waals surface area contributed by atoms with Crippen LogP contribution in [-0.2, 0) is 6.18 Å². The van der Waals surface area contributed by atoms with Crippen LogP contribution in [0.5, 0.6) is 5.75 Å². The Bertz CT molecular complexity index is 557. The van der Waals surface area contributed by atoms with Crippen LogP contribution in [0.25, 0.3) is 0 Å². The van der Waals surface area contributed by atoms with E-state index in [1.54, 1.807) is 0 Å². The van der Waals surface area contributed by atoms with Gasteiger partial charge in [-0.25, -0.2) is 0 Å². The van der Waals surface area contributed by atoms with Crippen LogP contribution in [0.3, 0.4) is 0 Å². The zero-order valence-corrected chi connectivity index (χ0v) is 14.7. The highest BCUT2D eigenvalue weighted by atomic mass is 19.4. The second kappa shape index (κ2) is 8.41. The molecule has 142 valence electrons. The third-order valence-electron chi connectivity index (χ3n) is 4.89. The lowest BCUT2D eigenvalue weighted by atomic mass is 9.86. The smallest absolute Gasteiger partial charge is 0.416 e. The maximum absolute atomic E-state index is 13.1. The Balaban J connectivity index is 2.27. The van der Waals surface area contributed by atoms with Crippen molar-refractivity contribution in [3.05, 3.63) is 29.3 Å². The van der Waals surface area contributed by atoms with Gasteiger partial charge in [0.2, 0.25) is 0 Å². The summed E-state index contributed by atoms with van der Waals surface area (Å²) < 4.78 is 45.0. The van der Waals surface area contributed by atoms with Crippen LogP contribution in [0.2, 0.25) is 0 Å². The van der Waals surface area contributed by atoms with Crippen molar-refractivity contribution in [3.63, 3.8) is 0 Å². The number of halogens is 3. The monoisotopic (exact) mass is 360 g/mol. The molecule has 1 aliphatic rings. The minimum Gasteiger partial charge on any atom is -0.491 e. The third-order valence-corrected chi connectivity index (χ3v) is 4.89. The molecule has 2 N–H and O–H groups in total. The van der Waals surface area contributed by atoms with E-state index in [9.17, 15) is 23.4 Å².